The highest BCUT2D eigenvalue weighted by Crippen LogP contribution is 2.49. The highest BCUT2D eigenvalue weighted by Gasteiger charge is 2.54. The van der Waals surface area contributed by atoms with E-state index in [0.29, 0.717) is 53.0 Å². The Bertz CT molecular complexity index is 1310. The molecule has 7 nitrogen and oxygen atoms in total. The van der Waals surface area contributed by atoms with E-state index in [1.165, 1.54) is 0 Å². The molecular weight excluding hydrogens is 432 g/mol. The standard InChI is InChI=1S/C27H24N2O5/c1-31-22-13-12-18(16-24(22)32-2)23-17-25(29-34-23)27(14-15-27)26(30)28-20-10-6-7-11-21(20)33-19-8-4-3-5-9-19/h3-13,16-17H,14-15H2,1-2H3,(H,28,30). The zero-order chi connectivity index (χ0) is 23.5. The van der Waals surface area contributed by atoms with Crippen LogP contribution in [0.1, 0.15) is 18.5 Å². The van der Waals surface area contributed by atoms with E-state index in [9.17, 15) is 4.79 Å². The van der Waals surface area contributed by atoms with Crippen molar-refractivity contribution < 1.29 is 23.5 Å². The SMILES string of the molecule is COc1ccc(-c2cc(C3(C(=O)Nc4ccccc4Oc4ccccc4)CC3)no2)cc1OC. The van der Waals surface area contributed by atoms with Gasteiger partial charge in [-0.15, -0.1) is 0 Å². The predicted molar refractivity (Wildman–Crippen MR) is 128 cm³/mol. The van der Waals surface area contributed by atoms with E-state index in [0.717, 1.165) is 5.56 Å². The van der Waals surface area contributed by atoms with Gasteiger partial charge in [-0.05, 0) is 55.3 Å². The van der Waals surface area contributed by atoms with Crippen molar-refractivity contribution in [1.82, 2.24) is 5.16 Å². The highest BCUT2D eigenvalue weighted by molar-refractivity contribution is 6.02. The Morgan fingerprint density at radius 3 is 2.35 bits per heavy atom. The molecule has 172 valence electrons. The van der Waals surface area contributed by atoms with Crippen LogP contribution in [0, 0.1) is 0 Å². The molecule has 3 aromatic carbocycles. The maximum atomic E-state index is 13.3. The smallest absolute Gasteiger partial charge is 0.236 e. The Hall–Kier alpha value is -4.26. The summed E-state index contributed by atoms with van der Waals surface area (Å²) >= 11 is 0. The number of benzene rings is 3. The molecule has 1 aliphatic rings. The molecule has 1 aliphatic carbocycles. The van der Waals surface area contributed by atoms with Gasteiger partial charge in [0.05, 0.1) is 31.0 Å². The fourth-order valence-corrected chi connectivity index (χ4v) is 3.87. The fourth-order valence-electron chi connectivity index (χ4n) is 3.87. The monoisotopic (exact) mass is 456 g/mol. The first-order valence-electron chi connectivity index (χ1n) is 11.0. The Morgan fingerprint density at radius 2 is 1.62 bits per heavy atom. The molecule has 0 unspecified atom stereocenters. The number of nitrogens with one attached hydrogen (secondary N) is 1. The van der Waals surface area contributed by atoms with Crippen LogP contribution in [-0.2, 0) is 10.2 Å². The summed E-state index contributed by atoms with van der Waals surface area (Å²) in [5.74, 6) is 2.91. The van der Waals surface area contributed by atoms with Crippen molar-refractivity contribution in [3.05, 3.63) is 84.6 Å². The number of nitrogens with zero attached hydrogens (tertiary/aromatic N) is 1. The average Bonchev–Trinajstić information content (AvgIpc) is 3.55. The Kier molecular flexibility index (Phi) is 5.67. The van der Waals surface area contributed by atoms with Gasteiger partial charge in [-0.3, -0.25) is 4.79 Å². The van der Waals surface area contributed by atoms with E-state index in [1.54, 1.807) is 20.3 Å². The minimum absolute atomic E-state index is 0.135. The third-order valence-electron chi connectivity index (χ3n) is 5.96. The van der Waals surface area contributed by atoms with Crippen molar-refractivity contribution in [2.45, 2.75) is 18.3 Å². The Balaban J connectivity index is 1.36. The van der Waals surface area contributed by atoms with E-state index in [2.05, 4.69) is 10.5 Å². The second-order valence-electron chi connectivity index (χ2n) is 8.09. The lowest BCUT2D eigenvalue weighted by atomic mass is 10.00. The van der Waals surface area contributed by atoms with Crippen LogP contribution in [0.4, 0.5) is 5.69 Å². The maximum Gasteiger partial charge on any atom is 0.236 e. The molecular formula is C27H24N2O5. The molecule has 7 heteroatoms. The number of methoxy groups -OCH3 is 2. The molecule has 4 aromatic rings. The van der Waals surface area contributed by atoms with Crippen molar-refractivity contribution >= 4 is 11.6 Å². The molecule has 1 fully saturated rings. The van der Waals surface area contributed by atoms with Crippen LogP contribution in [0.25, 0.3) is 11.3 Å². The molecule has 0 aliphatic heterocycles. The fraction of sp³-hybridized carbons (Fsp3) is 0.185. The van der Waals surface area contributed by atoms with Crippen LogP contribution >= 0.6 is 0 Å². The normalized spacial score (nSPS) is 13.7. The van der Waals surface area contributed by atoms with E-state index >= 15 is 0 Å². The zero-order valence-electron chi connectivity index (χ0n) is 18.9. The van der Waals surface area contributed by atoms with E-state index < -0.39 is 5.41 Å². The average molecular weight is 456 g/mol. The number of hydrogen-bond donors (Lipinski definition) is 1. The lowest BCUT2D eigenvalue weighted by Gasteiger charge is -2.15. The first kappa shape index (κ1) is 21.6. The van der Waals surface area contributed by atoms with Gasteiger partial charge in [-0.25, -0.2) is 0 Å². The zero-order valence-corrected chi connectivity index (χ0v) is 18.9. The van der Waals surface area contributed by atoms with Gasteiger partial charge >= 0.3 is 0 Å². The van der Waals surface area contributed by atoms with Gasteiger partial charge in [0, 0.05) is 11.6 Å². The lowest BCUT2D eigenvalue weighted by Crippen LogP contribution is -2.28. The molecule has 0 saturated heterocycles. The summed E-state index contributed by atoms with van der Waals surface area (Å²) in [5, 5.41) is 7.27. The summed E-state index contributed by atoms with van der Waals surface area (Å²) in [7, 11) is 3.17. The van der Waals surface area contributed by atoms with Crippen molar-refractivity contribution in [1.29, 1.82) is 0 Å². The van der Waals surface area contributed by atoms with Gasteiger partial charge in [-0.2, -0.15) is 0 Å². The molecule has 5 rings (SSSR count). The number of rotatable bonds is 8. The van der Waals surface area contributed by atoms with Crippen LogP contribution in [-0.4, -0.2) is 25.3 Å². The summed E-state index contributed by atoms with van der Waals surface area (Å²) in [6.07, 6.45) is 1.39. The number of para-hydroxylation sites is 3. The molecule has 34 heavy (non-hydrogen) atoms. The Morgan fingerprint density at radius 1 is 0.882 bits per heavy atom. The quantitative estimate of drug-likeness (QED) is 0.360. The van der Waals surface area contributed by atoms with Crippen molar-refractivity contribution in [3.8, 4) is 34.3 Å². The second kappa shape index (κ2) is 8.94. The Labute approximate surface area is 197 Å². The molecule has 1 saturated carbocycles. The van der Waals surface area contributed by atoms with Crippen molar-refractivity contribution in [3.63, 3.8) is 0 Å². The largest absolute Gasteiger partial charge is 0.493 e. The first-order valence-corrected chi connectivity index (χ1v) is 11.0. The molecule has 0 bridgehead atoms. The van der Waals surface area contributed by atoms with Crippen molar-refractivity contribution in [2.75, 3.05) is 19.5 Å². The minimum atomic E-state index is -0.724. The van der Waals surface area contributed by atoms with Crippen LogP contribution < -0.4 is 19.5 Å². The molecule has 1 amide bonds. The van der Waals surface area contributed by atoms with E-state index in [1.807, 2.05) is 72.8 Å². The minimum Gasteiger partial charge on any atom is -0.493 e. The molecule has 0 radical (unpaired) electrons. The molecule has 1 N–H and O–H groups in total. The van der Waals surface area contributed by atoms with E-state index in [-0.39, 0.29) is 5.91 Å². The molecule has 0 spiro atoms. The van der Waals surface area contributed by atoms with Crippen LogP contribution in [0.5, 0.6) is 23.0 Å². The first-order chi connectivity index (χ1) is 16.6. The number of ether oxygens (including phenoxy) is 3. The summed E-state index contributed by atoms with van der Waals surface area (Å²) in [6.45, 7) is 0. The van der Waals surface area contributed by atoms with Gasteiger partial charge in [0.25, 0.3) is 0 Å². The van der Waals surface area contributed by atoms with Crippen molar-refractivity contribution in [2.24, 2.45) is 0 Å². The molecule has 0 atom stereocenters. The summed E-state index contributed by atoms with van der Waals surface area (Å²) < 4.78 is 22.3. The van der Waals surface area contributed by atoms with Crippen LogP contribution in [0.15, 0.2) is 83.4 Å². The van der Waals surface area contributed by atoms with Crippen LogP contribution in [0.3, 0.4) is 0 Å². The predicted octanol–water partition coefficient (Wildman–Crippen LogP) is 5.82. The number of carbonyl (C=O) groups excluding carboxylic acids is 1. The summed E-state index contributed by atoms with van der Waals surface area (Å²) in [5.41, 5.74) is 1.27. The maximum absolute atomic E-state index is 13.3. The topological polar surface area (TPSA) is 82.8 Å². The third kappa shape index (κ3) is 4.08. The number of hydrogen-bond acceptors (Lipinski definition) is 6. The second-order valence-corrected chi connectivity index (χ2v) is 8.09. The third-order valence-corrected chi connectivity index (χ3v) is 5.96. The number of carbonyl (C=O) groups is 1. The van der Waals surface area contributed by atoms with Gasteiger partial charge in [0.15, 0.2) is 23.0 Å². The molecule has 1 heterocycles. The summed E-state index contributed by atoms with van der Waals surface area (Å²) in [4.78, 5) is 13.3. The van der Waals surface area contributed by atoms with Gasteiger partial charge < -0.3 is 24.1 Å². The molecule has 1 aromatic heterocycles. The number of aromatic nitrogens is 1. The van der Waals surface area contributed by atoms with Gasteiger partial charge in [0.1, 0.15) is 5.75 Å². The van der Waals surface area contributed by atoms with Crippen LogP contribution in [0.2, 0.25) is 0 Å². The van der Waals surface area contributed by atoms with Gasteiger partial charge in [0.2, 0.25) is 5.91 Å². The number of anilines is 1. The van der Waals surface area contributed by atoms with E-state index in [4.69, 9.17) is 18.7 Å². The number of amides is 1. The lowest BCUT2D eigenvalue weighted by molar-refractivity contribution is -0.118. The summed E-state index contributed by atoms with van der Waals surface area (Å²) in [6, 6.07) is 24.1. The highest BCUT2D eigenvalue weighted by atomic mass is 16.5. The van der Waals surface area contributed by atoms with Gasteiger partial charge in [-0.1, -0.05) is 35.5 Å².